The second-order valence-corrected chi connectivity index (χ2v) is 3.18. The predicted octanol–water partition coefficient (Wildman–Crippen LogP) is 2.25. The van der Waals surface area contributed by atoms with Gasteiger partial charge in [0.2, 0.25) is 0 Å². The fourth-order valence-electron chi connectivity index (χ4n) is 1.27. The van der Waals surface area contributed by atoms with Crippen LogP contribution in [-0.4, -0.2) is 16.0 Å². The summed E-state index contributed by atoms with van der Waals surface area (Å²) in [6, 6.07) is 4.76. The summed E-state index contributed by atoms with van der Waals surface area (Å²) in [4.78, 5) is 20.6. The zero-order chi connectivity index (χ0) is 12.1. The van der Waals surface area contributed by atoms with Gasteiger partial charge in [-0.25, -0.2) is 4.79 Å². The summed E-state index contributed by atoms with van der Waals surface area (Å²) in [6.07, 6.45) is 2.80. The third-order valence-electron chi connectivity index (χ3n) is 2.11. The number of carboxylic acids is 1. The highest BCUT2D eigenvalue weighted by atomic mass is 16.6. The molecule has 0 saturated heterocycles. The molecule has 0 aliphatic carbocycles. The van der Waals surface area contributed by atoms with Crippen LogP contribution in [0.5, 0.6) is 0 Å². The maximum Gasteiger partial charge on any atom is 0.328 e. The van der Waals surface area contributed by atoms with E-state index in [0.717, 1.165) is 11.6 Å². The molecule has 0 aliphatic heterocycles. The van der Waals surface area contributed by atoms with Crippen molar-refractivity contribution < 1.29 is 14.8 Å². The van der Waals surface area contributed by atoms with Crippen molar-refractivity contribution in [3.63, 3.8) is 0 Å². The molecule has 0 spiro atoms. The minimum atomic E-state index is -1.13. The number of nitrogens with zero attached hydrogens (tertiary/aromatic N) is 1. The summed E-state index contributed by atoms with van der Waals surface area (Å²) < 4.78 is 0. The Kier molecular flexibility index (Phi) is 3.77. The zero-order valence-corrected chi connectivity index (χ0v) is 8.71. The molecule has 1 aromatic carbocycles. The van der Waals surface area contributed by atoms with E-state index < -0.39 is 10.9 Å². The fraction of sp³-hybridized carbons (Fsp3) is 0.182. The third-order valence-corrected chi connectivity index (χ3v) is 2.11. The molecule has 0 heterocycles. The van der Waals surface area contributed by atoms with Gasteiger partial charge >= 0.3 is 5.97 Å². The summed E-state index contributed by atoms with van der Waals surface area (Å²) in [7, 11) is 0. The normalized spacial score (nSPS) is 10.6. The van der Waals surface area contributed by atoms with E-state index in [-0.39, 0.29) is 5.69 Å². The van der Waals surface area contributed by atoms with E-state index in [2.05, 4.69) is 0 Å². The Morgan fingerprint density at radius 1 is 1.56 bits per heavy atom. The Hall–Kier alpha value is -2.17. The Labute approximate surface area is 92.2 Å². The van der Waals surface area contributed by atoms with Crippen molar-refractivity contribution >= 4 is 17.7 Å². The average Bonchev–Trinajstić information content (AvgIpc) is 2.25. The average molecular weight is 221 g/mol. The summed E-state index contributed by atoms with van der Waals surface area (Å²) in [5, 5.41) is 19.2. The molecule has 0 unspecified atom stereocenters. The minimum absolute atomic E-state index is 0.0724. The van der Waals surface area contributed by atoms with Crippen molar-refractivity contribution in [1.29, 1.82) is 0 Å². The first-order valence-corrected chi connectivity index (χ1v) is 4.73. The van der Waals surface area contributed by atoms with E-state index >= 15 is 0 Å². The molecule has 0 aliphatic rings. The van der Waals surface area contributed by atoms with Gasteiger partial charge < -0.3 is 5.11 Å². The van der Waals surface area contributed by atoms with Crippen LogP contribution in [0.3, 0.4) is 0 Å². The summed E-state index contributed by atoms with van der Waals surface area (Å²) in [5.41, 5.74) is 1.07. The number of hydrogen-bond acceptors (Lipinski definition) is 3. The lowest BCUT2D eigenvalue weighted by molar-refractivity contribution is -0.385. The number of carboxylic acid groups (broad SMARTS) is 1. The van der Waals surface area contributed by atoms with Crippen LogP contribution in [0.1, 0.15) is 18.1 Å². The molecular weight excluding hydrogens is 210 g/mol. The molecular formula is C11H11NO4. The molecule has 0 saturated carbocycles. The first-order chi connectivity index (χ1) is 7.54. The van der Waals surface area contributed by atoms with Crippen molar-refractivity contribution in [2.45, 2.75) is 13.3 Å². The molecule has 0 atom stereocenters. The predicted molar refractivity (Wildman–Crippen MR) is 59.1 cm³/mol. The van der Waals surface area contributed by atoms with Gasteiger partial charge in [0.05, 0.1) is 10.5 Å². The Morgan fingerprint density at radius 3 is 2.75 bits per heavy atom. The quantitative estimate of drug-likeness (QED) is 0.480. The molecule has 0 fully saturated rings. The van der Waals surface area contributed by atoms with Gasteiger partial charge in [0.15, 0.2) is 0 Å². The highest BCUT2D eigenvalue weighted by Crippen LogP contribution is 2.21. The molecule has 5 heteroatoms. The van der Waals surface area contributed by atoms with Crippen LogP contribution in [0.25, 0.3) is 6.08 Å². The van der Waals surface area contributed by atoms with Gasteiger partial charge in [0.25, 0.3) is 5.69 Å². The van der Waals surface area contributed by atoms with Gasteiger partial charge in [-0.1, -0.05) is 13.0 Å². The van der Waals surface area contributed by atoms with Crippen LogP contribution in [-0.2, 0) is 11.2 Å². The van der Waals surface area contributed by atoms with Crippen molar-refractivity contribution in [2.75, 3.05) is 0 Å². The molecule has 1 N–H and O–H groups in total. The second kappa shape index (κ2) is 5.06. The number of aryl methyl sites for hydroxylation is 1. The third kappa shape index (κ3) is 2.91. The smallest absolute Gasteiger partial charge is 0.328 e. The maximum atomic E-state index is 10.8. The van der Waals surface area contributed by atoms with E-state index in [4.69, 9.17) is 5.11 Å². The van der Waals surface area contributed by atoms with E-state index in [1.165, 1.54) is 12.1 Å². The number of nitro benzene ring substituents is 1. The lowest BCUT2D eigenvalue weighted by Gasteiger charge is -2.00. The zero-order valence-electron chi connectivity index (χ0n) is 8.71. The van der Waals surface area contributed by atoms with Gasteiger partial charge in [-0.3, -0.25) is 10.1 Å². The molecule has 84 valence electrons. The van der Waals surface area contributed by atoms with Gasteiger partial charge in [0, 0.05) is 12.1 Å². The Morgan fingerprint density at radius 2 is 2.25 bits per heavy atom. The van der Waals surface area contributed by atoms with Crippen LogP contribution >= 0.6 is 0 Å². The lowest BCUT2D eigenvalue weighted by atomic mass is 10.1. The van der Waals surface area contributed by atoms with Gasteiger partial charge in [0.1, 0.15) is 0 Å². The highest BCUT2D eigenvalue weighted by molar-refractivity contribution is 5.86. The Bertz CT molecular complexity index is 451. The second-order valence-electron chi connectivity index (χ2n) is 3.18. The number of aliphatic carboxylic acids is 1. The van der Waals surface area contributed by atoms with Gasteiger partial charge in [-0.2, -0.15) is 0 Å². The van der Waals surface area contributed by atoms with E-state index in [1.807, 2.05) is 6.92 Å². The standard InChI is InChI=1S/C11H11NO4/c1-2-8-3-4-9(5-6-11(13)14)10(7-8)12(15)16/h3-7H,2H2,1H3,(H,13,14)/b6-5+. The summed E-state index contributed by atoms with van der Waals surface area (Å²) >= 11 is 0. The van der Waals surface area contributed by atoms with Crippen LogP contribution in [0.15, 0.2) is 24.3 Å². The first-order valence-electron chi connectivity index (χ1n) is 4.73. The van der Waals surface area contributed by atoms with Crippen LogP contribution < -0.4 is 0 Å². The van der Waals surface area contributed by atoms with Crippen molar-refractivity contribution in [3.8, 4) is 0 Å². The van der Waals surface area contributed by atoms with Crippen molar-refractivity contribution in [2.24, 2.45) is 0 Å². The van der Waals surface area contributed by atoms with Crippen LogP contribution in [0.2, 0.25) is 0 Å². The number of benzene rings is 1. The van der Waals surface area contributed by atoms with Crippen LogP contribution in [0, 0.1) is 10.1 Å². The summed E-state index contributed by atoms with van der Waals surface area (Å²) in [5.74, 6) is -1.13. The summed E-state index contributed by atoms with van der Waals surface area (Å²) in [6.45, 7) is 1.89. The molecule has 0 bridgehead atoms. The van der Waals surface area contributed by atoms with E-state index in [9.17, 15) is 14.9 Å². The van der Waals surface area contributed by atoms with Crippen LogP contribution in [0.4, 0.5) is 5.69 Å². The number of hydrogen-bond donors (Lipinski definition) is 1. The number of carbonyl (C=O) groups is 1. The largest absolute Gasteiger partial charge is 0.478 e. The number of rotatable bonds is 4. The number of nitro groups is 1. The lowest BCUT2D eigenvalue weighted by Crippen LogP contribution is -1.94. The topological polar surface area (TPSA) is 80.4 Å². The first kappa shape index (κ1) is 11.9. The van der Waals surface area contributed by atoms with E-state index in [1.54, 1.807) is 12.1 Å². The van der Waals surface area contributed by atoms with Crippen molar-refractivity contribution in [1.82, 2.24) is 0 Å². The van der Waals surface area contributed by atoms with Gasteiger partial charge in [-0.15, -0.1) is 0 Å². The van der Waals surface area contributed by atoms with Crippen molar-refractivity contribution in [3.05, 3.63) is 45.5 Å². The molecule has 5 nitrogen and oxygen atoms in total. The molecule has 0 amide bonds. The maximum absolute atomic E-state index is 10.8. The highest BCUT2D eigenvalue weighted by Gasteiger charge is 2.11. The molecule has 0 radical (unpaired) electrons. The van der Waals surface area contributed by atoms with E-state index in [0.29, 0.717) is 12.0 Å². The molecule has 0 aromatic heterocycles. The molecule has 16 heavy (non-hydrogen) atoms. The molecule has 1 aromatic rings. The monoisotopic (exact) mass is 221 g/mol. The van der Waals surface area contributed by atoms with Gasteiger partial charge in [-0.05, 0) is 24.1 Å². The minimum Gasteiger partial charge on any atom is -0.478 e. The Balaban J connectivity index is 3.18. The molecule has 1 rings (SSSR count). The fourth-order valence-corrected chi connectivity index (χ4v) is 1.27. The SMILES string of the molecule is CCc1ccc(/C=C/C(=O)O)c([N+](=O)[O-])c1.